The molecule has 0 fully saturated rings. The van der Waals surface area contributed by atoms with Crippen LogP contribution in [0.4, 0.5) is 5.95 Å². The maximum absolute atomic E-state index is 11.8. The molecule has 0 radical (unpaired) electrons. The molecule has 0 aliphatic carbocycles. The third-order valence-corrected chi connectivity index (χ3v) is 2.87. The number of imidazole rings is 1. The van der Waals surface area contributed by atoms with Gasteiger partial charge >= 0.3 is 11.6 Å². The molecule has 0 saturated carbocycles. The minimum absolute atomic E-state index is 0.0722. The number of aliphatic carboxylic acids is 1. The molecule has 0 spiro atoms. The van der Waals surface area contributed by atoms with E-state index < -0.39 is 5.97 Å². The SMILES string of the molecule is Cn1c[n+](CCCCC(=O)O)c2nc(N)[nH]c(=O)c21. The molecule has 0 aromatic carbocycles. The van der Waals surface area contributed by atoms with Gasteiger partial charge in [-0.3, -0.25) is 19.1 Å². The lowest BCUT2D eigenvalue weighted by Gasteiger charge is -1.97. The quantitative estimate of drug-likeness (QED) is 0.492. The first-order valence-corrected chi connectivity index (χ1v) is 5.95. The van der Waals surface area contributed by atoms with Gasteiger partial charge in [-0.25, -0.2) is 4.57 Å². The van der Waals surface area contributed by atoms with Gasteiger partial charge in [-0.15, -0.1) is 0 Å². The fraction of sp³-hybridized carbons (Fsp3) is 0.455. The van der Waals surface area contributed by atoms with Gasteiger partial charge in [-0.2, -0.15) is 0 Å². The van der Waals surface area contributed by atoms with Crippen LogP contribution in [0, 0.1) is 0 Å². The van der Waals surface area contributed by atoms with Crippen molar-refractivity contribution in [1.29, 1.82) is 0 Å². The van der Waals surface area contributed by atoms with E-state index in [0.717, 1.165) is 0 Å². The van der Waals surface area contributed by atoms with Crippen molar-refractivity contribution < 1.29 is 14.5 Å². The van der Waals surface area contributed by atoms with Crippen molar-refractivity contribution in [2.24, 2.45) is 7.05 Å². The molecule has 0 unspecified atom stereocenters. The number of rotatable bonds is 5. The van der Waals surface area contributed by atoms with E-state index >= 15 is 0 Å². The number of nitrogen functional groups attached to an aromatic ring is 1. The normalized spacial score (nSPS) is 11.0. The average Bonchev–Trinajstić information content (AvgIpc) is 2.61. The van der Waals surface area contributed by atoms with Crippen LogP contribution in [0.15, 0.2) is 11.1 Å². The fourth-order valence-electron chi connectivity index (χ4n) is 2.03. The van der Waals surface area contributed by atoms with E-state index in [4.69, 9.17) is 10.8 Å². The smallest absolute Gasteiger partial charge is 0.311 e. The highest BCUT2D eigenvalue weighted by Gasteiger charge is 2.18. The average molecular weight is 266 g/mol. The molecule has 2 heterocycles. The van der Waals surface area contributed by atoms with Crippen molar-refractivity contribution in [3.63, 3.8) is 0 Å². The molecule has 8 heteroatoms. The van der Waals surface area contributed by atoms with Gasteiger partial charge in [0.25, 0.3) is 11.5 Å². The standard InChI is InChI=1S/C11H15N5O3/c1-15-6-16(5-3-2-4-7(17)18)9-8(15)10(19)14-11(12)13-9/h6H,2-5H2,1H3,(H3-,12,13,14,17,18,19)/p+1. The number of unbranched alkanes of at least 4 members (excludes halogenated alkanes) is 1. The monoisotopic (exact) mass is 266 g/mol. The van der Waals surface area contributed by atoms with Crippen molar-refractivity contribution in [2.75, 3.05) is 5.73 Å². The zero-order chi connectivity index (χ0) is 14.0. The minimum atomic E-state index is -0.804. The van der Waals surface area contributed by atoms with Gasteiger partial charge in [0.1, 0.15) is 0 Å². The van der Waals surface area contributed by atoms with E-state index in [-0.39, 0.29) is 17.9 Å². The number of hydrogen-bond acceptors (Lipinski definition) is 4. The Balaban J connectivity index is 2.24. The molecule has 19 heavy (non-hydrogen) atoms. The van der Waals surface area contributed by atoms with Crippen molar-refractivity contribution >= 4 is 23.1 Å². The van der Waals surface area contributed by atoms with Crippen LogP contribution in [-0.2, 0) is 18.4 Å². The predicted molar refractivity (Wildman–Crippen MR) is 67.4 cm³/mol. The van der Waals surface area contributed by atoms with E-state index in [1.165, 1.54) is 0 Å². The summed E-state index contributed by atoms with van der Waals surface area (Å²) in [6, 6.07) is 0. The number of carboxylic acids is 1. The second-order valence-corrected chi connectivity index (χ2v) is 4.39. The highest BCUT2D eigenvalue weighted by atomic mass is 16.4. The molecule has 2 rings (SSSR count). The van der Waals surface area contributed by atoms with Crippen LogP contribution >= 0.6 is 0 Å². The van der Waals surface area contributed by atoms with Gasteiger partial charge in [-0.1, -0.05) is 4.98 Å². The molecule has 8 nitrogen and oxygen atoms in total. The number of aromatic amines is 1. The molecule has 4 N–H and O–H groups in total. The van der Waals surface area contributed by atoms with Crippen LogP contribution in [0.3, 0.4) is 0 Å². The predicted octanol–water partition coefficient (Wildman–Crippen LogP) is -0.614. The topological polar surface area (TPSA) is 118 Å². The summed E-state index contributed by atoms with van der Waals surface area (Å²) < 4.78 is 3.49. The largest absolute Gasteiger partial charge is 0.481 e. The van der Waals surface area contributed by atoms with Crippen molar-refractivity contribution in [3.8, 4) is 0 Å². The van der Waals surface area contributed by atoms with E-state index in [9.17, 15) is 9.59 Å². The number of fused-ring (bicyclic) bond motifs is 1. The number of nitrogens with two attached hydrogens (primary N) is 1. The van der Waals surface area contributed by atoms with E-state index in [2.05, 4.69) is 9.97 Å². The van der Waals surface area contributed by atoms with E-state index in [1.54, 1.807) is 17.9 Å². The van der Waals surface area contributed by atoms with Gasteiger partial charge in [0.05, 0.1) is 13.6 Å². The number of anilines is 1. The number of H-pyrrole nitrogens is 1. The summed E-state index contributed by atoms with van der Waals surface area (Å²) in [7, 11) is 1.75. The Morgan fingerprint density at radius 2 is 2.32 bits per heavy atom. The Hall–Kier alpha value is -2.38. The summed E-state index contributed by atoms with van der Waals surface area (Å²) >= 11 is 0. The van der Waals surface area contributed by atoms with Gasteiger partial charge in [-0.05, 0) is 12.8 Å². The van der Waals surface area contributed by atoms with Crippen molar-refractivity contribution in [2.45, 2.75) is 25.8 Å². The van der Waals surface area contributed by atoms with Gasteiger partial charge in [0, 0.05) is 6.42 Å². The van der Waals surface area contributed by atoms with Gasteiger partial charge in [0.2, 0.25) is 5.52 Å². The number of carbonyl (C=O) groups is 1. The van der Waals surface area contributed by atoms with E-state index in [1.807, 2.05) is 4.57 Å². The van der Waals surface area contributed by atoms with Gasteiger partial charge in [0.15, 0.2) is 6.33 Å². The molecule has 0 aliphatic heterocycles. The van der Waals surface area contributed by atoms with Crippen molar-refractivity contribution in [1.82, 2.24) is 14.5 Å². The van der Waals surface area contributed by atoms with Crippen molar-refractivity contribution in [3.05, 3.63) is 16.7 Å². The Bertz CT molecular complexity index is 673. The highest BCUT2D eigenvalue weighted by molar-refractivity contribution is 5.67. The summed E-state index contributed by atoms with van der Waals surface area (Å²) in [6.45, 7) is 0.598. The molecule has 0 amide bonds. The number of aryl methyl sites for hydroxylation is 2. The Kier molecular flexibility index (Phi) is 3.50. The third-order valence-electron chi connectivity index (χ3n) is 2.87. The molecule has 2 aromatic rings. The Morgan fingerprint density at radius 1 is 1.58 bits per heavy atom. The molecule has 0 saturated heterocycles. The Labute approximate surface area is 108 Å². The summed E-state index contributed by atoms with van der Waals surface area (Å²) in [6.07, 6.45) is 3.18. The number of carboxylic acid groups (broad SMARTS) is 1. The van der Waals surface area contributed by atoms with Crippen LogP contribution in [0.1, 0.15) is 19.3 Å². The lowest BCUT2D eigenvalue weighted by molar-refractivity contribution is -0.674. The zero-order valence-electron chi connectivity index (χ0n) is 10.6. The van der Waals surface area contributed by atoms with Crippen LogP contribution in [0.5, 0.6) is 0 Å². The number of hydrogen-bond donors (Lipinski definition) is 3. The number of aromatic nitrogens is 4. The molecular weight excluding hydrogens is 250 g/mol. The molecule has 0 atom stereocenters. The first-order valence-electron chi connectivity index (χ1n) is 5.95. The van der Waals surface area contributed by atoms with E-state index in [0.29, 0.717) is 30.6 Å². The summed E-state index contributed by atoms with van der Waals surface area (Å²) in [4.78, 5) is 28.8. The first kappa shape index (κ1) is 13.1. The summed E-state index contributed by atoms with van der Waals surface area (Å²) in [5.74, 6) is -0.732. The van der Waals surface area contributed by atoms with Crippen LogP contribution in [0.25, 0.3) is 11.2 Å². The number of nitrogens with zero attached hydrogens (tertiary/aromatic N) is 3. The molecule has 102 valence electrons. The molecule has 0 aliphatic rings. The van der Waals surface area contributed by atoms with Crippen LogP contribution in [0.2, 0.25) is 0 Å². The fourth-order valence-corrected chi connectivity index (χ4v) is 2.03. The minimum Gasteiger partial charge on any atom is -0.481 e. The number of nitrogens with one attached hydrogen (secondary N) is 1. The second kappa shape index (κ2) is 5.09. The lowest BCUT2D eigenvalue weighted by Crippen LogP contribution is -2.33. The zero-order valence-corrected chi connectivity index (χ0v) is 10.6. The molecule has 2 aromatic heterocycles. The lowest BCUT2D eigenvalue weighted by atomic mass is 10.2. The maximum Gasteiger partial charge on any atom is 0.311 e. The summed E-state index contributed by atoms with van der Waals surface area (Å²) in [5.41, 5.74) is 6.21. The molecular formula is C11H16N5O3+. The third kappa shape index (κ3) is 2.72. The molecule has 0 bridgehead atoms. The summed E-state index contributed by atoms with van der Waals surface area (Å²) in [5, 5.41) is 8.57. The van der Waals surface area contributed by atoms with Gasteiger partial charge < -0.3 is 10.8 Å². The second-order valence-electron chi connectivity index (χ2n) is 4.39. The Morgan fingerprint density at radius 3 is 3.00 bits per heavy atom. The van der Waals surface area contributed by atoms with Crippen LogP contribution < -0.4 is 15.9 Å². The maximum atomic E-state index is 11.8. The first-order chi connectivity index (χ1) is 8.99. The van der Waals surface area contributed by atoms with Crippen LogP contribution in [-0.4, -0.2) is 25.6 Å². The highest BCUT2D eigenvalue weighted by Crippen LogP contribution is 2.04.